The van der Waals surface area contributed by atoms with E-state index in [2.05, 4.69) is 9.80 Å². The molecule has 1 saturated heterocycles. The molecule has 132 valence electrons. The van der Waals surface area contributed by atoms with Gasteiger partial charge in [0.05, 0.1) is 4.92 Å². The summed E-state index contributed by atoms with van der Waals surface area (Å²) in [6, 6.07) is 13.6. The third-order valence-electron chi connectivity index (χ3n) is 4.58. The first-order valence-electron chi connectivity index (χ1n) is 8.53. The lowest BCUT2D eigenvalue weighted by atomic mass is 10.1. The number of hydrogen-bond acceptors (Lipinski definition) is 4. The smallest absolute Gasteiger partial charge is 0.273 e. The van der Waals surface area contributed by atoms with Gasteiger partial charge < -0.3 is 0 Å². The summed E-state index contributed by atoms with van der Waals surface area (Å²) in [4.78, 5) is 15.5. The van der Waals surface area contributed by atoms with E-state index in [1.807, 2.05) is 24.3 Å². The van der Waals surface area contributed by atoms with Gasteiger partial charge in [0.15, 0.2) is 0 Å². The molecule has 3 rings (SSSR count). The number of nitro groups is 1. The summed E-state index contributed by atoms with van der Waals surface area (Å²) < 4.78 is 13.0. The van der Waals surface area contributed by atoms with E-state index in [-0.39, 0.29) is 16.4 Å². The van der Waals surface area contributed by atoms with Crippen molar-refractivity contribution < 1.29 is 9.31 Å². The minimum absolute atomic E-state index is 0.190. The van der Waals surface area contributed by atoms with Gasteiger partial charge in [-0.05, 0) is 37.2 Å². The van der Waals surface area contributed by atoms with Gasteiger partial charge in [-0.2, -0.15) is 0 Å². The number of para-hydroxylation sites is 1. The predicted molar refractivity (Wildman–Crippen MR) is 94.7 cm³/mol. The van der Waals surface area contributed by atoms with Crippen molar-refractivity contribution in [3.63, 3.8) is 0 Å². The van der Waals surface area contributed by atoms with Gasteiger partial charge in [0.1, 0.15) is 5.82 Å². The molecule has 0 radical (unpaired) electrons. The molecule has 1 aliphatic rings. The van der Waals surface area contributed by atoms with Crippen LogP contribution in [0.25, 0.3) is 0 Å². The molecule has 1 fully saturated rings. The fourth-order valence-corrected chi connectivity index (χ4v) is 3.25. The molecule has 0 N–H and O–H groups in total. The molecule has 1 heterocycles. The molecule has 0 spiro atoms. The molecule has 0 aliphatic carbocycles. The second kappa shape index (κ2) is 8.18. The van der Waals surface area contributed by atoms with Crippen molar-refractivity contribution in [1.82, 2.24) is 9.80 Å². The molecule has 1 aliphatic heterocycles. The lowest BCUT2D eigenvalue weighted by Crippen LogP contribution is -2.30. The third-order valence-corrected chi connectivity index (χ3v) is 4.58. The standard InChI is InChI=1S/C19H22FN3O2/c20-18-8-6-16(7-9-18)14-21-10-3-11-22(13-12-21)15-17-4-1-2-5-19(17)23(24)25/h1-2,4-9H,3,10-15H2. The monoisotopic (exact) mass is 343 g/mol. The second-order valence-electron chi connectivity index (χ2n) is 6.42. The third kappa shape index (κ3) is 4.84. The van der Waals surface area contributed by atoms with Gasteiger partial charge in [-0.25, -0.2) is 4.39 Å². The maximum absolute atomic E-state index is 13.0. The van der Waals surface area contributed by atoms with Crippen LogP contribution in [-0.4, -0.2) is 40.9 Å². The molecular formula is C19H22FN3O2. The topological polar surface area (TPSA) is 49.6 Å². The van der Waals surface area contributed by atoms with Crippen LogP contribution in [-0.2, 0) is 13.1 Å². The van der Waals surface area contributed by atoms with Gasteiger partial charge in [0.25, 0.3) is 5.69 Å². The van der Waals surface area contributed by atoms with Crippen LogP contribution in [0.4, 0.5) is 10.1 Å². The van der Waals surface area contributed by atoms with Crippen LogP contribution in [0.15, 0.2) is 48.5 Å². The Morgan fingerprint density at radius 1 is 0.920 bits per heavy atom. The molecule has 5 nitrogen and oxygen atoms in total. The van der Waals surface area contributed by atoms with Gasteiger partial charge in [-0.15, -0.1) is 0 Å². The minimum atomic E-state index is -0.312. The van der Waals surface area contributed by atoms with Crippen LogP contribution in [0.1, 0.15) is 17.5 Å². The number of benzene rings is 2. The van der Waals surface area contributed by atoms with Crippen molar-refractivity contribution in [2.45, 2.75) is 19.5 Å². The highest BCUT2D eigenvalue weighted by Crippen LogP contribution is 2.20. The summed E-state index contributed by atoms with van der Waals surface area (Å²) in [6.45, 7) is 5.07. The number of halogens is 1. The molecule has 0 saturated carbocycles. The summed E-state index contributed by atoms with van der Waals surface area (Å²) in [5.41, 5.74) is 2.06. The number of nitrogens with zero attached hydrogens (tertiary/aromatic N) is 3. The van der Waals surface area contributed by atoms with E-state index in [1.54, 1.807) is 12.1 Å². The second-order valence-corrected chi connectivity index (χ2v) is 6.42. The molecular weight excluding hydrogens is 321 g/mol. The molecule has 0 atom stereocenters. The highest BCUT2D eigenvalue weighted by Gasteiger charge is 2.19. The Morgan fingerprint density at radius 3 is 2.24 bits per heavy atom. The number of rotatable bonds is 5. The molecule has 2 aromatic carbocycles. The molecule has 25 heavy (non-hydrogen) atoms. The van der Waals surface area contributed by atoms with Crippen molar-refractivity contribution in [2.75, 3.05) is 26.2 Å². The molecule has 0 amide bonds. The van der Waals surface area contributed by atoms with Crippen LogP contribution in [0.3, 0.4) is 0 Å². The molecule has 0 unspecified atom stereocenters. The van der Waals surface area contributed by atoms with Crippen molar-refractivity contribution in [3.8, 4) is 0 Å². The van der Waals surface area contributed by atoms with Gasteiger partial charge >= 0.3 is 0 Å². The zero-order chi connectivity index (χ0) is 17.6. The summed E-state index contributed by atoms with van der Waals surface area (Å²) in [5, 5.41) is 11.2. The quantitative estimate of drug-likeness (QED) is 0.616. The molecule has 0 bridgehead atoms. The Kier molecular flexibility index (Phi) is 5.73. The maximum atomic E-state index is 13.0. The largest absolute Gasteiger partial charge is 0.298 e. The Balaban J connectivity index is 1.58. The number of nitro benzene ring substituents is 1. The predicted octanol–water partition coefficient (Wildman–Crippen LogP) is 3.44. The Morgan fingerprint density at radius 2 is 1.56 bits per heavy atom. The molecule has 2 aromatic rings. The SMILES string of the molecule is O=[N+]([O-])c1ccccc1CN1CCCN(Cc2ccc(F)cc2)CC1. The highest BCUT2D eigenvalue weighted by molar-refractivity contribution is 5.39. The lowest BCUT2D eigenvalue weighted by Gasteiger charge is -2.22. The van der Waals surface area contributed by atoms with Gasteiger partial charge in [0.2, 0.25) is 0 Å². The average molecular weight is 343 g/mol. The van der Waals surface area contributed by atoms with Crippen molar-refractivity contribution in [2.24, 2.45) is 0 Å². The van der Waals surface area contributed by atoms with E-state index in [4.69, 9.17) is 0 Å². The van der Waals surface area contributed by atoms with Crippen LogP contribution in [0.5, 0.6) is 0 Å². The fraction of sp³-hybridized carbons (Fsp3) is 0.368. The van der Waals surface area contributed by atoms with Crippen molar-refractivity contribution in [1.29, 1.82) is 0 Å². The van der Waals surface area contributed by atoms with E-state index in [0.29, 0.717) is 6.54 Å². The molecule has 0 aromatic heterocycles. The Labute approximate surface area is 146 Å². The van der Waals surface area contributed by atoms with E-state index < -0.39 is 0 Å². The van der Waals surface area contributed by atoms with Crippen LogP contribution >= 0.6 is 0 Å². The van der Waals surface area contributed by atoms with Crippen molar-refractivity contribution >= 4 is 5.69 Å². The Hall–Kier alpha value is -2.31. The first-order chi connectivity index (χ1) is 12.1. The van der Waals surface area contributed by atoms with E-state index in [1.165, 1.54) is 12.1 Å². The zero-order valence-corrected chi connectivity index (χ0v) is 14.1. The lowest BCUT2D eigenvalue weighted by molar-refractivity contribution is -0.385. The molecule has 6 heteroatoms. The maximum Gasteiger partial charge on any atom is 0.273 e. The Bertz CT molecular complexity index is 721. The van der Waals surface area contributed by atoms with Crippen LogP contribution in [0, 0.1) is 15.9 Å². The summed E-state index contributed by atoms with van der Waals surface area (Å²) in [5.74, 6) is -0.213. The number of hydrogen-bond donors (Lipinski definition) is 0. The normalized spacial score (nSPS) is 16.5. The first kappa shape index (κ1) is 17.5. The highest BCUT2D eigenvalue weighted by atomic mass is 19.1. The van der Waals surface area contributed by atoms with E-state index >= 15 is 0 Å². The zero-order valence-electron chi connectivity index (χ0n) is 14.1. The van der Waals surface area contributed by atoms with E-state index in [0.717, 1.165) is 50.3 Å². The fourth-order valence-electron chi connectivity index (χ4n) is 3.25. The van der Waals surface area contributed by atoms with Gasteiger partial charge in [-0.3, -0.25) is 19.9 Å². The van der Waals surface area contributed by atoms with E-state index in [9.17, 15) is 14.5 Å². The van der Waals surface area contributed by atoms with Crippen molar-refractivity contribution in [3.05, 3.63) is 75.6 Å². The first-order valence-corrected chi connectivity index (χ1v) is 8.53. The summed E-state index contributed by atoms with van der Waals surface area (Å²) in [6.07, 6.45) is 1.02. The summed E-state index contributed by atoms with van der Waals surface area (Å²) in [7, 11) is 0. The van der Waals surface area contributed by atoms with Gasteiger partial charge in [-0.1, -0.05) is 30.3 Å². The van der Waals surface area contributed by atoms with Crippen LogP contribution in [0.2, 0.25) is 0 Å². The van der Waals surface area contributed by atoms with Crippen LogP contribution < -0.4 is 0 Å². The van der Waals surface area contributed by atoms with Gasteiger partial charge in [0, 0.05) is 37.8 Å². The average Bonchev–Trinajstić information content (AvgIpc) is 2.82. The summed E-state index contributed by atoms with van der Waals surface area (Å²) >= 11 is 0. The minimum Gasteiger partial charge on any atom is -0.298 e.